The molecule has 0 aliphatic rings. The molecule has 0 aromatic heterocycles. The van der Waals surface area contributed by atoms with Crippen LogP contribution in [0.4, 0.5) is 4.39 Å². The van der Waals surface area contributed by atoms with Gasteiger partial charge in [-0.1, -0.05) is 0 Å². The molecule has 112 valence electrons. The van der Waals surface area contributed by atoms with Crippen LogP contribution in [-0.4, -0.2) is 25.1 Å². The van der Waals surface area contributed by atoms with E-state index in [1.54, 1.807) is 13.1 Å². The van der Waals surface area contributed by atoms with E-state index in [-0.39, 0.29) is 30.3 Å². The summed E-state index contributed by atoms with van der Waals surface area (Å²) in [5, 5.41) is 5.82. The monoisotopic (exact) mass is 282 g/mol. The number of halogens is 1. The Morgan fingerprint density at radius 1 is 1.35 bits per heavy atom. The summed E-state index contributed by atoms with van der Waals surface area (Å²) in [6.07, 6.45) is 0.278. The van der Waals surface area contributed by atoms with Crippen LogP contribution in [0.15, 0.2) is 18.2 Å². The lowest BCUT2D eigenvalue weighted by molar-refractivity contribution is -0.121. The van der Waals surface area contributed by atoms with Crippen molar-refractivity contribution in [2.24, 2.45) is 0 Å². The van der Waals surface area contributed by atoms with E-state index < -0.39 is 0 Å². The Morgan fingerprint density at radius 3 is 2.65 bits per heavy atom. The van der Waals surface area contributed by atoms with Gasteiger partial charge in [-0.2, -0.15) is 0 Å². The van der Waals surface area contributed by atoms with Crippen molar-refractivity contribution < 1.29 is 13.9 Å². The third kappa shape index (κ3) is 6.02. The number of hydrogen-bond acceptors (Lipinski definition) is 3. The van der Waals surface area contributed by atoms with Crippen LogP contribution in [0.1, 0.15) is 32.8 Å². The Balaban J connectivity index is 2.67. The first-order valence-electron chi connectivity index (χ1n) is 6.68. The van der Waals surface area contributed by atoms with Gasteiger partial charge in [0.25, 0.3) is 0 Å². The second-order valence-corrected chi connectivity index (χ2v) is 5.63. The summed E-state index contributed by atoms with van der Waals surface area (Å²) < 4.78 is 18.9. The average molecular weight is 282 g/mol. The molecule has 20 heavy (non-hydrogen) atoms. The van der Waals surface area contributed by atoms with Gasteiger partial charge in [-0.25, -0.2) is 4.39 Å². The van der Waals surface area contributed by atoms with Gasteiger partial charge in [0.2, 0.25) is 5.91 Å². The summed E-state index contributed by atoms with van der Waals surface area (Å²) in [5.74, 6) is 0.225. The average Bonchev–Trinajstić information content (AvgIpc) is 2.37. The van der Waals surface area contributed by atoms with Crippen LogP contribution in [0.3, 0.4) is 0 Å². The molecule has 0 heterocycles. The van der Waals surface area contributed by atoms with Crippen molar-refractivity contribution in [1.29, 1.82) is 0 Å². The molecule has 1 aromatic rings. The van der Waals surface area contributed by atoms with Crippen molar-refractivity contribution in [3.8, 4) is 5.75 Å². The van der Waals surface area contributed by atoms with Gasteiger partial charge in [-0.15, -0.1) is 0 Å². The minimum atomic E-state index is -0.297. The molecule has 1 rings (SSSR count). The normalized spacial score (nSPS) is 11.2. The maximum Gasteiger partial charge on any atom is 0.223 e. The van der Waals surface area contributed by atoms with Crippen LogP contribution >= 0.6 is 0 Å². The fourth-order valence-corrected chi connectivity index (χ4v) is 1.57. The molecular weight excluding hydrogens is 259 g/mol. The molecule has 0 fully saturated rings. The molecule has 0 bridgehead atoms. The number of rotatable bonds is 6. The summed E-state index contributed by atoms with van der Waals surface area (Å²) >= 11 is 0. The molecule has 0 unspecified atom stereocenters. The van der Waals surface area contributed by atoms with Crippen LogP contribution in [0.5, 0.6) is 5.75 Å². The van der Waals surface area contributed by atoms with Crippen molar-refractivity contribution in [3.63, 3.8) is 0 Å². The van der Waals surface area contributed by atoms with E-state index >= 15 is 0 Å². The Hall–Kier alpha value is -1.62. The largest absolute Gasteiger partial charge is 0.493 e. The fraction of sp³-hybridized carbons (Fsp3) is 0.533. The number of carbonyl (C=O) groups is 1. The van der Waals surface area contributed by atoms with Gasteiger partial charge in [0.1, 0.15) is 11.6 Å². The lowest BCUT2D eigenvalue weighted by Gasteiger charge is -2.21. The van der Waals surface area contributed by atoms with Crippen molar-refractivity contribution in [2.45, 2.75) is 39.3 Å². The second-order valence-electron chi connectivity index (χ2n) is 5.63. The molecule has 0 aliphatic heterocycles. The van der Waals surface area contributed by atoms with E-state index in [0.717, 1.165) is 5.56 Å². The first-order chi connectivity index (χ1) is 9.31. The van der Waals surface area contributed by atoms with Gasteiger partial charge < -0.3 is 15.4 Å². The highest BCUT2D eigenvalue weighted by Crippen LogP contribution is 2.20. The van der Waals surface area contributed by atoms with E-state index in [9.17, 15) is 9.18 Å². The maximum absolute atomic E-state index is 13.3. The minimum absolute atomic E-state index is 0.0638. The number of amides is 1. The lowest BCUT2D eigenvalue weighted by Crippen LogP contribution is -2.35. The molecule has 0 aliphatic carbocycles. The number of carbonyl (C=O) groups excluding carboxylic acids is 1. The molecular formula is C15H23FN2O2. The molecule has 5 heteroatoms. The Labute approximate surface area is 119 Å². The molecule has 2 N–H and O–H groups in total. The smallest absolute Gasteiger partial charge is 0.223 e. The van der Waals surface area contributed by atoms with Gasteiger partial charge in [0, 0.05) is 24.7 Å². The van der Waals surface area contributed by atoms with Crippen LogP contribution in [0.25, 0.3) is 0 Å². The lowest BCUT2D eigenvalue weighted by atomic mass is 10.1. The Bertz CT molecular complexity index is 456. The topological polar surface area (TPSA) is 50.4 Å². The standard InChI is InChI=1S/C15H23FN2O2/c1-15(2,3)18-10-11-9-12(16)5-6-13(11)20-8-7-14(19)17-4/h5-6,9,18H,7-8,10H2,1-4H3,(H,17,19). The highest BCUT2D eigenvalue weighted by molar-refractivity contribution is 5.75. The number of benzene rings is 1. The van der Waals surface area contributed by atoms with Gasteiger partial charge in [-0.3, -0.25) is 4.79 Å². The zero-order chi connectivity index (χ0) is 15.2. The molecule has 0 radical (unpaired) electrons. The summed E-state index contributed by atoms with van der Waals surface area (Å²) in [5.41, 5.74) is 0.683. The highest BCUT2D eigenvalue weighted by atomic mass is 19.1. The predicted molar refractivity (Wildman–Crippen MR) is 77.2 cm³/mol. The second kappa shape index (κ2) is 7.24. The van der Waals surface area contributed by atoms with Crippen molar-refractivity contribution in [1.82, 2.24) is 10.6 Å². The molecule has 0 atom stereocenters. The summed E-state index contributed by atoms with van der Waals surface area (Å²) in [4.78, 5) is 11.1. The molecule has 0 saturated carbocycles. The van der Waals surface area contributed by atoms with Crippen molar-refractivity contribution in [3.05, 3.63) is 29.6 Å². The quantitative estimate of drug-likeness (QED) is 0.841. The molecule has 1 aromatic carbocycles. The summed E-state index contributed by atoms with van der Waals surface area (Å²) in [7, 11) is 1.58. The maximum atomic E-state index is 13.3. The number of ether oxygens (including phenoxy) is 1. The fourth-order valence-electron chi connectivity index (χ4n) is 1.57. The van der Waals surface area contributed by atoms with Gasteiger partial charge >= 0.3 is 0 Å². The van der Waals surface area contributed by atoms with Crippen LogP contribution < -0.4 is 15.4 Å². The van der Waals surface area contributed by atoms with E-state index in [4.69, 9.17) is 4.74 Å². The van der Waals surface area contributed by atoms with Crippen LogP contribution in [0, 0.1) is 5.82 Å². The number of nitrogens with one attached hydrogen (secondary N) is 2. The van der Waals surface area contributed by atoms with Crippen LogP contribution in [0.2, 0.25) is 0 Å². The molecule has 1 amide bonds. The van der Waals surface area contributed by atoms with E-state index in [0.29, 0.717) is 12.3 Å². The first-order valence-corrected chi connectivity index (χ1v) is 6.68. The van der Waals surface area contributed by atoms with Crippen molar-refractivity contribution >= 4 is 5.91 Å². The molecule has 0 saturated heterocycles. The third-order valence-electron chi connectivity index (χ3n) is 2.70. The van der Waals surface area contributed by atoms with E-state index in [2.05, 4.69) is 10.6 Å². The summed E-state index contributed by atoms with van der Waals surface area (Å²) in [6.45, 7) is 6.90. The number of hydrogen-bond donors (Lipinski definition) is 2. The third-order valence-corrected chi connectivity index (χ3v) is 2.70. The molecule has 0 spiro atoms. The highest BCUT2D eigenvalue weighted by Gasteiger charge is 2.12. The SMILES string of the molecule is CNC(=O)CCOc1ccc(F)cc1CNC(C)(C)C. The first kappa shape index (κ1) is 16.4. The Kier molecular flexibility index (Phi) is 5.95. The van der Waals surface area contributed by atoms with E-state index in [1.165, 1.54) is 12.1 Å². The zero-order valence-electron chi connectivity index (χ0n) is 12.5. The Morgan fingerprint density at radius 2 is 2.05 bits per heavy atom. The molecule has 4 nitrogen and oxygen atoms in total. The van der Waals surface area contributed by atoms with Crippen LogP contribution in [-0.2, 0) is 11.3 Å². The zero-order valence-corrected chi connectivity index (χ0v) is 12.5. The predicted octanol–water partition coefficient (Wildman–Crippen LogP) is 2.23. The minimum Gasteiger partial charge on any atom is -0.493 e. The van der Waals surface area contributed by atoms with Gasteiger partial charge in [-0.05, 0) is 39.0 Å². The van der Waals surface area contributed by atoms with E-state index in [1.807, 2.05) is 20.8 Å². The summed E-state index contributed by atoms with van der Waals surface area (Å²) in [6, 6.07) is 4.41. The van der Waals surface area contributed by atoms with Crippen molar-refractivity contribution in [2.75, 3.05) is 13.7 Å². The van der Waals surface area contributed by atoms with Gasteiger partial charge in [0.15, 0.2) is 0 Å². The van der Waals surface area contributed by atoms with Gasteiger partial charge in [0.05, 0.1) is 13.0 Å².